The van der Waals surface area contributed by atoms with E-state index < -0.39 is 17.8 Å². The van der Waals surface area contributed by atoms with E-state index in [9.17, 15) is 18.0 Å². The smallest absolute Gasteiger partial charge is 0.398 e. The van der Waals surface area contributed by atoms with Crippen molar-refractivity contribution < 1.29 is 18.0 Å². The van der Waals surface area contributed by atoms with E-state index >= 15 is 0 Å². The van der Waals surface area contributed by atoms with Crippen molar-refractivity contribution in [2.75, 3.05) is 11.1 Å². The molecule has 0 aromatic carbocycles. The van der Waals surface area contributed by atoms with Crippen LogP contribution in [0.2, 0.25) is 0 Å². The summed E-state index contributed by atoms with van der Waals surface area (Å²) < 4.78 is 37.0. The molecular formula is C12H9F3N4O. The van der Waals surface area contributed by atoms with Crippen LogP contribution in [0.25, 0.3) is 0 Å². The van der Waals surface area contributed by atoms with E-state index in [4.69, 9.17) is 5.73 Å². The molecule has 2 aromatic heterocycles. The molecule has 0 fully saturated rings. The standard InChI is InChI=1S/C12H9F3N4O/c13-12(14,15)10-2-1-7(5-18-10)19-11(20)8-6-17-4-3-9(8)16/h1-6H,(H2,16,17)(H,19,20). The number of halogens is 3. The number of alkyl halides is 3. The van der Waals surface area contributed by atoms with Gasteiger partial charge in [-0.3, -0.25) is 9.78 Å². The number of nitrogens with two attached hydrogens (primary N) is 1. The minimum Gasteiger partial charge on any atom is -0.398 e. The Morgan fingerprint density at radius 1 is 1.20 bits per heavy atom. The van der Waals surface area contributed by atoms with Gasteiger partial charge in [0.25, 0.3) is 5.91 Å². The highest BCUT2D eigenvalue weighted by Crippen LogP contribution is 2.27. The fraction of sp³-hybridized carbons (Fsp3) is 0.0833. The van der Waals surface area contributed by atoms with Crippen molar-refractivity contribution in [2.24, 2.45) is 0 Å². The number of aromatic nitrogens is 2. The summed E-state index contributed by atoms with van der Waals surface area (Å²) >= 11 is 0. The van der Waals surface area contributed by atoms with Crippen LogP contribution in [-0.2, 0) is 6.18 Å². The summed E-state index contributed by atoms with van der Waals surface area (Å²) in [7, 11) is 0. The fourth-order valence-corrected chi connectivity index (χ4v) is 1.43. The van der Waals surface area contributed by atoms with Crippen molar-refractivity contribution in [2.45, 2.75) is 6.18 Å². The lowest BCUT2D eigenvalue weighted by Gasteiger charge is -2.08. The molecule has 2 rings (SSSR count). The summed E-state index contributed by atoms with van der Waals surface area (Å²) in [5, 5.41) is 2.39. The topological polar surface area (TPSA) is 80.9 Å². The monoisotopic (exact) mass is 282 g/mol. The van der Waals surface area contributed by atoms with E-state index in [0.717, 1.165) is 18.3 Å². The highest BCUT2D eigenvalue weighted by atomic mass is 19.4. The Balaban J connectivity index is 2.15. The van der Waals surface area contributed by atoms with Crippen LogP contribution in [0.1, 0.15) is 16.1 Å². The summed E-state index contributed by atoms with van der Waals surface area (Å²) in [4.78, 5) is 18.8. The van der Waals surface area contributed by atoms with Gasteiger partial charge in [-0.05, 0) is 18.2 Å². The molecule has 0 atom stereocenters. The molecule has 0 saturated heterocycles. The molecule has 0 saturated carbocycles. The van der Waals surface area contributed by atoms with Gasteiger partial charge in [-0.15, -0.1) is 0 Å². The van der Waals surface area contributed by atoms with E-state index in [2.05, 4.69) is 15.3 Å². The number of amides is 1. The zero-order valence-electron chi connectivity index (χ0n) is 9.98. The Kier molecular flexibility index (Phi) is 3.55. The number of nitrogens with zero attached hydrogens (tertiary/aromatic N) is 2. The zero-order valence-corrected chi connectivity index (χ0v) is 9.98. The Bertz CT molecular complexity index is 625. The summed E-state index contributed by atoms with van der Waals surface area (Å²) in [5.74, 6) is -0.572. The summed E-state index contributed by atoms with van der Waals surface area (Å²) in [5.41, 5.74) is 5.04. The number of hydrogen-bond donors (Lipinski definition) is 2. The summed E-state index contributed by atoms with van der Waals surface area (Å²) in [6.07, 6.45) is -0.905. The zero-order chi connectivity index (χ0) is 14.8. The quantitative estimate of drug-likeness (QED) is 0.885. The largest absolute Gasteiger partial charge is 0.433 e. The van der Waals surface area contributed by atoms with Crippen LogP contribution in [0.4, 0.5) is 24.5 Å². The predicted molar refractivity (Wildman–Crippen MR) is 65.8 cm³/mol. The molecule has 0 radical (unpaired) electrons. The lowest BCUT2D eigenvalue weighted by Crippen LogP contribution is -2.15. The van der Waals surface area contributed by atoms with Gasteiger partial charge in [-0.1, -0.05) is 0 Å². The van der Waals surface area contributed by atoms with Crippen molar-refractivity contribution >= 4 is 17.3 Å². The number of carbonyl (C=O) groups is 1. The van der Waals surface area contributed by atoms with Crippen LogP contribution in [0, 0.1) is 0 Å². The lowest BCUT2D eigenvalue weighted by atomic mass is 10.2. The second kappa shape index (κ2) is 5.16. The molecule has 5 nitrogen and oxygen atoms in total. The molecule has 2 aromatic rings. The van der Waals surface area contributed by atoms with Gasteiger partial charge in [-0.2, -0.15) is 13.2 Å². The van der Waals surface area contributed by atoms with Gasteiger partial charge in [0.15, 0.2) is 0 Å². The van der Waals surface area contributed by atoms with Crippen LogP contribution in [0.15, 0.2) is 36.8 Å². The molecule has 104 valence electrons. The molecule has 3 N–H and O–H groups in total. The average molecular weight is 282 g/mol. The summed E-state index contributed by atoms with van der Waals surface area (Å²) in [6.45, 7) is 0. The van der Waals surface area contributed by atoms with Crippen LogP contribution < -0.4 is 11.1 Å². The lowest BCUT2D eigenvalue weighted by molar-refractivity contribution is -0.141. The number of carbonyl (C=O) groups excluding carboxylic acids is 1. The van der Waals surface area contributed by atoms with Crippen LogP contribution >= 0.6 is 0 Å². The molecule has 0 aliphatic rings. The number of nitrogens with one attached hydrogen (secondary N) is 1. The molecule has 0 unspecified atom stereocenters. The van der Waals surface area contributed by atoms with Crippen molar-refractivity contribution in [3.63, 3.8) is 0 Å². The number of hydrogen-bond acceptors (Lipinski definition) is 4. The Morgan fingerprint density at radius 2 is 1.95 bits per heavy atom. The first-order chi connectivity index (χ1) is 9.38. The SMILES string of the molecule is Nc1ccncc1C(=O)Nc1ccc(C(F)(F)F)nc1. The van der Waals surface area contributed by atoms with Crippen LogP contribution in [0.5, 0.6) is 0 Å². The third-order valence-electron chi connectivity index (χ3n) is 2.41. The molecule has 0 aliphatic heterocycles. The number of pyridine rings is 2. The highest BCUT2D eigenvalue weighted by molar-refractivity contribution is 6.07. The fourth-order valence-electron chi connectivity index (χ4n) is 1.43. The van der Waals surface area contributed by atoms with Crippen LogP contribution in [0.3, 0.4) is 0 Å². The average Bonchev–Trinajstić information content (AvgIpc) is 2.38. The Hall–Kier alpha value is -2.64. The Labute approximate surface area is 111 Å². The van der Waals surface area contributed by atoms with Gasteiger partial charge in [0.05, 0.1) is 17.4 Å². The van der Waals surface area contributed by atoms with Gasteiger partial charge < -0.3 is 11.1 Å². The van der Waals surface area contributed by atoms with Crippen molar-refractivity contribution in [3.8, 4) is 0 Å². The summed E-state index contributed by atoms with van der Waals surface area (Å²) in [6, 6.07) is 3.34. The first kappa shape index (κ1) is 13.8. The molecule has 0 aliphatic carbocycles. The van der Waals surface area contributed by atoms with Gasteiger partial charge in [0.2, 0.25) is 0 Å². The van der Waals surface area contributed by atoms with Gasteiger partial charge in [0.1, 0.15) is 5.69 Å². The number of rotatable bonds is 2. The van der Waals surface area contributed by atoms with Crippen molar-refractivity contribution in [1.82, 2.24) is 9.97 Å². The van der Waals surface area contributed by atoms with Gasteiger partial charge >= 0.3 is 6.18 Å². The maximum atomic E-state index is 12.3. The maximum Gasteiger partial charge on any atom is 0.433 e. The van der Waals surface area contributed by atoms with E-state index in [0.29, 0.717) is 0 Å². The molecule has 0 spiro atoms. The molecule has 20 heavy (non-hydrogen) atoms. The van der Waals surface area contributed by atoms with E-state index in [1.165, 1.54) is 18.5 Å². The predicted octanol–water partition coefficient (Wildman–Crippen LogP) is 2.33. The first-order valence-electron chi connectivity index (χ1n) is 5.42. The van der Waals surface area contributed by atoms with Gasteiger partial charge in [0, 0.05) is 18.1 Å². The number of nitrogen functional groups attached to an aromatic ring is 1. The van der Waals surface area contributed by atoms with Crippen molar-refractivity contribution in [3.05, 3.63) is 48.0 Å². The van der Waals surface area contributed by atoms with Crippen LogP contribution in [-0.4, -0.2) is 15.9 Å². The maximum absolute atomic E-state index is 12.3. The molecule has 0 bridgehead atoms. The first-order valence-corrected chi connectivity index (χ1v) is 5.42. The normalized spacial score (nSPS) is 11.2. The third-order valence-corrected chi connectivity index (χ3v) is 2.41. The second-order valence-electron chi connectivity index (χ2n) is 3.85. The van der Waals surface area contributed by atoms with E-state index in [-0.39, 0.29) is 16.9 Å². The molecular weight excluding hydrogens is 273 g/mol. The Morgan fingerprint density at radius 3 is 2.50 bits per heavy atom. The molecule has 1 amide bonds. The minimum atomic E-state index is -4.52. The second-order valence-corrected chi connectivity index (χ2v) is 3.85. The van der Waals surface area contributed by atoms with Crippen molar-refractivity contribution in [1.29, 1.82) is 0 Å². The minimum absolute atomic E-state index is 0.131. The van der Waals surface area contributed by atoms with E-state index in [1.54, 1.807) is 0 Å². The third kappa shape index (κ3) is 3.02. The molecule has 2 heterocycles. The molecule has 8 heteroatoms. The van der Waals surface area contributed by atoms with Gasteiger partial charge in [-0.25, -0.2) is 4.98 Å². The highest BCUT2D eigenvalue weighted by Gasteiger charge is 2.32. The number of anilines is 2. The van der Waals surface area contributed by atoms with E-state index in [1.807, 2.05) is 0 Å².